The van der Waals surface area contributed by atoms with Crippen molar-refractivity contribution in [2.75, 3.05) is 6.54 Å². The summed E-state index contributed by atoms with van der Waals surface area (Å²) < 4.78 is 63.2. The Morgan fingerprint density at radius 3 is 2.60 bits per heavy atom. The van der Waals surface area contributed by atoms with Crippen molar-refractivity contribution in [2.24, 2.45) is 0 Å². The highest BCUT2D eigenvalue weighted by Gasteiger charge is 2.34. The number of rotatable bonds is 4. The molecule has 1 aliphatic heterocycles. The second kappa shape index (κ2) is 7.81. The largest absolute Gasteiger partial charge is 0.483 e. The lowest BCUT2D eigenvalue weighted by Crippen LogP contribution is -2.35. The molecule has 0 atom stereocenters. The first-order chi connectivity index (χ1) is 14.3. The van der Waals surface area contributed by atoms with E-state index in [1.54, 1.807) is 4.90 Å². The summed E-state index contributed by atoms with van der Waals surface area (Å²) >= 11 is 0. The van der Waals surface area contributed by atoms with Gasteiger partial charge in [-0.15, -0.1) is 0 Å². The van der Waals surface area contributed by atoms with Gasteiger partial charge in [-0.3, -0.25) is 4.79 Å². The number of amides is 1. The number of fused-ring (bicyclic) bond motifs is 1. The van der Waals surface area contributed by atoms with Gasteiger partial charge in [0.05, 0.1) is 17.8 Å². The first-order valence-corrected chi connectivity index (χ1v) is 9.12. The van der Waals surface area contributed by atoms with Gasteiger partial charge in [0, 0.05) is 18.5 Å². The van der Waals surface area contributed by atoms with Crippen molar-refractivity contribution >= 4 is 5.91 Å². The molecular weight excluding hydrogens is 404 g/mol. The van der Waals surface area contributed by atoms with Crippen molar-refractivity contribution < 1.29 is 31.5 Å². The Bertz CT molecular complexity index is 1060. The van der Waals surface area contributed by atoms with Crippen LogP contribution < -0.4 is 4.74 Å². The molecule has 0 saturated heterocycles. The maximum atomic E-state index is 13.1. The van der Waals surface area contributed by atoms with Crippen molar-refractivity contribution in [1.82, 2.24) is 9.88 Å². The highest BCUT2D eigenvalue weighted by atomic mass is 19.4. The third-order valence-electron chi connectivity index (χ3n) is 4.70. The summed E-state index contributed by atoms with van der Waals surface area (Å²) in [6, 6.07) is 10.1. The number of aromatic nitrogens is 1. The molecule has 1 aromatic heterocycles. The van der Waals surface area contributed by atoms with Crippen molar-refractivity contribution in [1.29, 1.82) is 0 Å². The predicted molar refractivity (Wildman–Crippen MR) is 97.1 cm³/mol. The summed E-state index contributed by atoms with van der Waals surface area (Å²) in [5, 5.41) is 0. The SMILES string of the molecule is O=C(c1ccc(F)cc1)N1CCc2nc(COc3ccccc3C(F)(F)F)oc2C1. The summed E-state index contributed by atoms with van der Waals surface area (Å²) in [5.41, 5.74) is 0.116. The Morgan fingerprint density at radius 1 is 1.13 bits per heavy atom. The van der Waals surface area contributed by atoms with Crippen molar-refractivity contribution in [3.63, 3.8) is 0 Å². The fraction of sp³-hybridized carbons (Fsp3) is 0.238. The number of nitrogens with zero attached hydrogens (tertiary/aromatic N) is 2. The average molecular weight is 420 g/mol. The van der Waals surface area contributed by atoms with Crippen LogP contribution in [0.25, 0.3) is 0 Å². The maximum Gasteiger partial charge on any atom is 0.419 e. The molecule has 0 fully saturated rings. The fourth-order valence-electron chi connectivity index (χ4n) is 3.23. The van der Waals surface area contributed by atoms with Crippen LogP contribution in [-0.2, 0) is 25.7 Å². The van der Waals surface area contributed by atoms with Gasteiger partial charge in [-0.2, -0.15) is 13.2 Å². The minimum Gasteiger partial charge on any atom is -0.483 e. The van der Waals surface area contributed by atoms with Crippen LogP contribution in [0.5, 0.6) is 5.75 Å². The van der Waals surface area contributed by atoms with E-state index in [0.29, 0.717) is 30.0 Å². The molecule has 9 heteroatoms. The zero-order valence-corrected chi connectivity index (χ0v) is 15.6. The Hall–Kier alpha value is -3.36. The molecule has 30 heavy (non-hydrogen) atoms. The Morgan fingerprint density at radius 2 is 1.87 bits per heavy atom. The molecule has 2 aromatic carbocycles. The number of hydrogen-bond donors (Lipinski definition) is 0. The number of carbonyl (C=O) groups excluding carboxylic acids is 1. The molecule has 0 spiro atoms. The predicted octanol–water partition coefficient (Wildman–Crippen LogP) is 4.61. The fourth-order valence-corrected chi connectivity index (χ4v) is 3.23. The molecule has 0 saturated carbocycles. The van der Waals surface area contributed by atoms with Crippen molar-refractivity contribution in [3.05, 3.63) is 82.8 Å². The molecular formula is C21H16F4N2O3. The number of hydrogen-bond acceptors (Lipinski definition) is 4. The van der Waals surface area contributed by atoms with Gasteiger partial charge in [0.25, 0.3) is 5.91 Å². The van der Waals surface area contributed by atoms with Crippen LogP contribution in [-0.4, -0.2) is 22.3 Å². The van der Waals surface area contributed by atoms with E-state index in [-0.39, 0.29) is 30.7 Å². The second-order valence-electron chi connectivity index (χ2n) is 6.74. The van der Waals surface area contributed by atoms with Gasteiger partial charge >= 0.3 is 6.18 Å². The molecule has 1 aliphatic rings. The number of oxazole rings is 1. The molecule has 0 bridgehead atoms. The van der Waals surface area contributed by atoms with Crippen LogP contribution in [0.3, 0.4) is 0 Å². The van der Waals surface area contributed by atoms with E-state index >= 15 is 0 Å². The lowest BCUT2D eigenvalue weighted by Gasteiger charge is -2.25. The molecule has 5 nitrogen and oxygen atoms in total. The number of carbonyl (C=O) groups is 1. The normalized spacial score (nSPS) is 13.8. The van der Waals surface area contributed by atoms with E-state index < -0.39 is 17.6 Å². The number of benzene rings is 2. The standard InChI is InChI=1S/C21H16F4N2O3/c22-14-7-5-13(6-8-14)20(28)27-10-9-16-18(11-27)30-19(26-16)12-29-17-4-2-1-3-15(17)21(23,24)25/h1-8H,9-12H2. The topological polar surface area (TPSA) is 55.6 Å². The van der Waals surface area contributed by atoms with Crippen LogP contribution >= 0.6 is 0 Å². The average Bonchev–Trinajstić information content (AvgIpc) is 3.14. The van der Waals surface area contributed by atoms with E-state index in [4.69, 9.17) is 9.15 Å². The van der Waals surface area contributed by atoms with E-state index in [9.17, 15) is 22.4 Å². The highest BCUT2D eigenvalue weighted by Crippen LogP contribution is 2.36. The molecule has 0 N–H and O–H groups in total. The Balaban J connectivity index is 1.44. The zero-order chi connectivity index (χ0) is 21.3. The summed E-state index contributed by atoms with van der Waals surface area (Å²) in [6.45, 7) is 0.288. The van der Waals surface area contributed by atoms with Crippen LogP contribution in [0.4, 0.5) is 17.6 Å². The minimum absolute atomic E-state index is 0.132. The van der Waals surface area contributed by atoms with Gasteiger partial charge in [-0.25, -0.2) is 9.37 Å². The summed E-state index contributed by atoms with van der Waals surface area (Å²) in [5.74, 6) is -0.421. The van der Waals surface area contributed by atoms with E-state index in [1.165, 1.54) is 42.5 Å². The third kappa shape index (κ3) is 4.14. The molecule has 1 amide bonds. The third-order valence-corrected chi connectivity index (χ3v) is 4.70. The van der Waals surface area contributed by atoms with Gasteiger partial charge in [0.2, 0.25) is 5.89 Å². The van der Waals surface area contributed by atoms with Crippen LogP contribution in [0.1, 0.15) is 33.3 Å². The molecule has 4 rings (SSSR count). The number of alkyl halides is 3. The van der Waals surface area contributed by atoms with Crippen LogP contribution in [0, 0.1) is 5.82 Å². The van der Waals surface area contributed by atoms with Crippen molar-refractivity contribution in [3.8, 4) is 5.75 Å². The van der Waals surface area contributed by atoms with Crippen LogP contribution in [0.15, 0.2) is 52.9 Å². The smallest absolute Gasteiger partial charge is 0.419 e. The zero-order valence-electron chi connectivity index (χ0n) is 15.6. The monoisotopic (exact) mass is 420 g/mol. The summed E-state index contributed by atoms with van der Waals surface area (Å²) in [7, 11) is 0. The van der Waals surface area contributed by atoms with Gasteiger partial charge in [-0.05, 0) is 36.4 Å². The van der Waals surface area contributed by atoms with Gasteiger partial charge in [-0.1, -0.05) is 12.1 Å². The molecule has 3 aromatic rings. The molecule has 156 valence electrons. The van der Waals surface area contributed by atoms with Crippen LogP contribution in [0.2, 0.25) is 0 Å². The number of halogens is 4. The molecule has 0 unspecified atom stereocenters. The van der Waals surface area contributed by atoms with Gasteiger partial charge in [0.15, 0.2) is 6.61 Å². The quantitative estimate of drug-likeness (QED) is 0.579. The van der Waals surface area contributed by atoms with Gasteiger partial charge in [0.1, 0.15) is 17.3 Å². The number of ether oxygens (including phenoxy) is 1. The first kappa shape index (κ1) is 19.9. The molecule has 0 aliphatic carbocycles. The minimum atomic E-state index is -4.53. The summed E-state index contributed by atoms with van der Waals surface area (Å²) in [4.78, 5) is 18.4. The molecule has 0 radical (unpaired) electrons. The lowest BCUT2D eigenvalue weighted by atomic mass is 10.1. The Labute approximate surface area is 168 Å². The van der Waals surface area contributed by atoms with E-state index in [1.807, 2.05) is 0 Å². The maximum absolute atomic E-state index is 13.1. The number of para-hydroxylation sites is 1. The van der Waals surface area contributed by atoms with Crippen molar-refractivity contribution in [2.45, 2.75) is 25.7 Å². The Kier molecular flexibility index (Phi) is 5.19. The van der Waals surface area contributed by atoms with Gasteiger partial charge < -0.3 is 14.1 Å². The van der Waals surface area contributed by atoms with E-state index in [2.05, 4.69) is 4.98 Å². The van der Waals surface area contributed by atoms with E-state index in [0.717, 1.165) is 6.07 Å². The second-order valence-corrected chi connectivity index (χ2v) is 6.74. The summed E-state index contributed by atoms with van der Waals surface area (Å²) in [6.07, 6.45) is -4.10. The molecule has 2 heterocycles. The highest BCUT2D eigenvalue weighted by molar-refractivity contribution is 5.94. The first-order valence-electron chi connectivity index (χ1n) is 9.12. The lowest BCUT2D eigenvalue weighted by molar-refractivity contribution is -0.139.